The molecule has 0 heterocycles. The SMILES string of the molecule is CO[C@H]1CC[C@H](C2CCC3(CC2)C(=O)C2(CCC([C@H]4CC[C@H](OC)CC4)CC2)C3F)CC1. The van der Waals surface area contributed by atoms with Gasteiger partial charge in [-0.1, -0.05) is 0 Å². The second kappa shape index (κ2) is 9.29. The smallest absolute Gasteiger partial charge is 0.151 e. The van der Waals surface area contributed by atoms with E-state index in [2.05, 4.69) is 0 Å². The fraction of sp³-hybridized carbons (Fsp3) is 0.964. The van der Waals surface area contributed by atoms with Crippen molar-refractivity contribution in [2.24, 2.45) is 34.5 Å². The molecule has 5 fully saturated rings. The average Bonchev–Trinajstić information content (AvgIpc) is 2.88. The van der Waals surface area contributed by atoms with Gasteiger partial charge in [-0.3, -0.25) is 4.79 Å². The van der Waals surface area contributed by atoms with Crippen molar-refractivity contribution in [2.75, 3.05) is 14.2 Å². The van der Waals surface area contributed by atoms with Crippen LogP contribution in [0, 0.1) is 34.5 Å². The van der Waals surface area contributed by atoms with Gasteiger partial charge < -0.3 is 9.47 Å². The molecule has 0 N–H and O–H groups in total. The van der Waals surface area contributed by atoms with Crippen LogP contribution in [0.2, 0.25) is 0 Å². The van der Waals surface area contributed by atoms with Gasteiger partial charge in [-0.05, 0) is 126 Å². The number of halogens is 1. The summed E-state index contributed by atoms with van der Waals surface area (Å²) >= 11 is 0. The van der Waals surface area contributed by atoms with Crippen molar-refractivity contribution in [3.63, 3.8) is 0 Å². The average molecular weight is 449 g/mol. The highest BCUT2D eigenvalue weighted by Gasteiger charge is 2.71. The van der Waals surface area contributed by atoms with Gasteiger partial charge in [0.05, 0.1) is 23.0 Å². The van der Waals surface area contributed by atoms with Crippen molar-refractivity contribution in [3.8, 4) is 0 Å². The quantitative estimate of drug-likeness (QED) is 0.482. The summed E-state index contributed by atoms with van der Waals surface area (Å²) in [5.74, 6) is 3.27. The number of Topliss-reactive ketones (excluding diaryl/α,β-unsaturated/α-hetero) is 1. The molecule has 5 aliphatic carbocycles. The van der Waals surface area contributed by atoms with Gasteiger partial charge in [-0.25, -0.2) is 4.39 Å². The fourth-order valence-electron chi connectivity index (χ4n) is 8.98. The number of rotatable bonds is 4. The third kappa shape index (κ3) is 3.80. The summed E-state index contributed by atoms with van der Waals surface area (Å²) < 4.78 is 27.0. The maximum absolute atomic E-state index is 15.9. The van der Waals surface area contributed by atoms with Crippen LogP contribution in [0.4, 0.5) is 4.39 Å². The van der Waals surface area contributed by atoms with Crippen LogP contribution in [-0.2, 0) is 14.3 Å². The van der Waals surface area contributed by atoms with E-state index in [1.54, 1.807) is 0 Å². The summed E-state index contributed by atoms with van der Waals surface area (Å²) in [5, 5.41) is 0. The lowest BCUT2D eigenvalue weighted by atomic mass is 9.41. The highest BCUT2D eigenvalue weighted by Crippen LogP contribution is 2.66. The molecule has 0 aliphatic heterocycles. The van der Waals surface area contributed by atoms with Crippen molar-refractivity contribution in [2.45, 2.75) is 121 Å². The number of hydrogen-bond donors (Lipinski definition) is 0. The molecule has 0 unspecified atom stereocenters. The number of ketones is 1. The first-order chi connectivity index (χ1) is 15.5. The molecule has 0 aromatic carbocycles. The van der Waals surface area contributed by atoms with Crippen LogP contribution in [0.25, 0.3) is 0 Å². The summed E-state index contributed by atoms with van der Waals surface area (Å²) in [5.41, 5.74) is -1.22. The predicted molar refractivity (Wildman–Crippen MR) is 124 cm³/mol. The lowest BCUT2D eigenvalue weighted by molar-refractivity contribution is -0.195. The molecule has 32 heavy (non-hydrogen) atoms. The van der Waals surface area contributed by atoms with Gasteiger partial charge in [0.2, 0.25) is 0 Å². The van der Waals surface area contributed by atoms with E-state index in [-0.39, 0.29) is 0 Å². The van der Waals surface area contributed by atoms with Crippen LogP contribution in [0.15, 0.2) is 0 Å². The van der Waals surface area contributed by atoms with E-state index < -0.39 is 17.0 Å². The minimum absolute atomic E-state index is 0.334. The fourth-order valence-corrected chi connectivity index (χ4v) is 8.98. The molecule has 5 saturated carbocycles. The van der Waals surface area contributed by atoms with Gasteiger partial charge in [0.15, 0.2) is 5.78 Å². The van der Waals surface area contributed by atoms with E-state index in [1.165, 1.54) is 51.4 Å². The van der Waals surface area contributed by atoms with Gasteiger partial charge in [-0.2, -0.15) is 0 Å². The van der Waals surface area contributed by atoms with Crippen LogP contribution >= 0.6 is 0 Å². The molecule has 0 amide bonds. The topological polar surface area (TPSA) is 35.5 Å². The maximum Gasteiger partial charge on any atom is 0.151 e. The number of ether oxygens (including phenoxy) is 2. The molecule has 3 nitrogen and oxygen atoms in total. The molecule has 0 atom stereocenters. The van der Waals surface area contributed by atoms with E-state index in [0.29, 0.717) is 29.8 Å². The lowest BCUT2D eigenvalue weighted by Crippen LogP contribution is -2.69. The van der Waals surface area contributed by atoms with Crippen LogP contribution in [-0.4, -0.2) is 38.4 Å². The summed E-state index contributed by atoms with van der Waals surface area (Å²) in [7, 11) is 3.65. The largest absolute Gasteiger partial charge is 0.381 e. The van der Waals surface area contributed by atoms with E-state index in [9.17, 15) is 4.79 Å². The second-order valence-electron chi connectivity index (χ2n) is 12.2. The van der Waals surface area contributed by atoms with Crippen molar-refractivity contribution >= 4 is 5.78 Å². The highest BCUT2D eigenvalue weighted by molar-refractivity contribution is 5.98. The second-order valence-corrected chi connectivity index (χ2v) is 12.2. The number of methoxy groups -OCH3 is 2. The molecule has 0 radical (unpaired) electrons. The standard InChI is InChI=1S/C28H45FO3/c1-31-23-7-3-19(4-8-23)21-11-15-27(16-12-21)25(29)28(26(27)30)17-13-22(14-18-28)20-5-9-24(32-2)10-6-20/h19-25H,3-18H2,1-2H3/t19-,20-,21?,22?,23-,24-,25?,27?,28?. The molecule has 0 saturated heterocycles. The van der Waals surface area contributed by atoms with Gasteiger partial charge >= 0.3 is 0 Å². The number of alkyl halides is 1. The first-order valence-electron chi connectivity index (χ1n) is 13.8. The zero-order valence-corrected chi connectivity index (χ0v) is 20.5. The van der Waals surface area contributed by atoms with Gasteiger partial charge in [0, 0.05) is 14.2 Å². The third-order valence-electron chi connectivity index (χ3n) is 11.2. The molecule has 0 bridgehead atoms. The molecule has 2 spiro atoms. The van der Waals surface area contributed by atoms with Gasteiger partial charge in [-0.15, -0.1) is 0 Å². The van der Waals surface area contributed by atoms with E-state index in [0.717, 1.165) is 63.2 Å². The molecule has 0 aromatic rings. The van der Waals surface area contributed by atoms with E-state index >= 15 is 4.39 Å². The Morgan fingerprint density at radius 3 is 1.19 bits per heavy atom. The Kier molecular flexibility index (Phi) is 6.75. The minimum atomic E-state index is -0.877. The number of hydrogen-bond acceptors (Lipinski definition) is 3. The minimum Gasteiger partial charge on any atom is -0.381 e. The first-order valence-corrected chi connectivity index (χ1v) is 13.8. The third-order valence-corrected chi connectivity index (χ3v) is 11.2. The van der Waals surface area contributed by atoms with Gasteiger partial charge in [0.25, 0.3) is 0 Å². The van der Waals surface area contributed by atoms with E-state index in [1.807, 2.05) is 14.2 Å². The van der Waals surface area contributed by atoms with Crippen molar-refractivity contribution in [1.29, 1.82) is 0 Å². The zero-order chi connectivity index (χ0) is 22.3. The normalized spacial score (nSPS) is 49.8. The van der Waals surface area contributed by atoms with E-state index in [4.69, 9.17) is 9.47 Å². The van der Waals surface area contributed by atoms with Crippen LogP contribution in [0.1, 0.15) is 103 Å². The van der Waals surface area contributed by atoms with Gasteiger partial charge in [0.1, 0.15) is 6.17 Å². The Morgan fingerprint density at radius 1 is 0.594 bits per heavy atom. The highest BCUT2D eigenvalue weighted by atomic mass is 19.1. The molecule has 182 valence electrons. The Hall–Kier alpha value is -0.480. The molecule has 4 heteroatoms. The van der Waals surface area contributed by atoms with Crippen LogP contribution in [0.5, 0.6) is 0 Å². The molecule has 5 aliphatic rings. The van der Waals surface area contributed by atoms with Crippen LogP contribution in [0.3, 0.4) is 0 Å². The van der Waals surface area contributed by atoms with Crippen molar-refractivity contribution in [1.82, 2.24) is 0 Å². The molecular weight excluding hydrogens is 403 g/mol. The number of carbonyl (C=O) groups is 1. The summed E-state index contributed by atoms with van der Waals surface area (Å²) in [6, 6.07) is 0. The Balaban J connectivity index is 1.13. The number of carbonyl (C=O) groups excluding carboxylic acids is 1. The molecule has 5 rings (SSSR count). The molecular formula is C28H45FO3. The zero-order valence-electron chi connectivity index (χ0n) is 20.5. The Bertz CT molecular complexity index is 592. The van der Waals surface area contributed by atoms with Crippen LogP contribution < -0.4 is 0 Å². The first kappa shape index (κ1) is 23.3. The predicted octanol–water partition coefficient (Wildman–Crippen LogP) is 6.67. The van der Waals surface area contributed by atoms with Crippen molar-refractivity contribution in [3.05, 3.63) is 0 Å². The summed E-state index contributed by atoms with van der Waals surface area (Å²) in [6.07, 6.45) is 17.2. The monoisotopic (exact) mass is 448 g/mol. The molecule has 0 aromatic heterocycles. The van der Waals surface area contributed by atoms with Crippen molar-refractivity contribution < 1.29 is 18.7 Å². The Morgan fingerprint density at radius 2 is 0.906 bits per heavy atom. The maximum atomic E-state index is 15.9. The Labute approximate surface area is 194 Å². The summed E-state index contributed by atoms with van der Waals surface area (Å²) in [4.78, 5) is 13.6. The summed E-state index contributed by atoms with van der Waals surface area (Å²) in [6.45, 7) is 0. The lowest BCUT2D eigenvalue weighted by Gasteiger charge is -2.62.